The number of carbonyl (C=O) groups excluding carboxylic acids is 1. The predicted octanol–water partition coefficient (Wildman–Crippen LogP) is 0.704. The van der Waals surface area contributed by atoms with Crippen LogP contribution in [0.2, 0.25) is 0 Å². The molecule has 0 aromatic heterocycles. The summed E-state index contributed by atoms with van der Waals surface area (Å²) in [6, 6.07) is 0. The molecule has 1 heterocycles. The number of rotatable bonds is 1. The van der Waals surface area contributed by atoms with Crippen LogP contribution in [-0.4, -0.2) is 19.6 Å². The van der Waals surface area contributed by atoms with Gasteiger partial charge in [-0.15, -0.1) is 12.4 Å². The number of esters is 1. The van der Waals surface area contributed by atoms with Crippen molar-refractivity contribution in [3.8, 4) is 0 Å². The molecular formula is C7H12ClNO2. The van der Waals surface area contributed by atoms with Gasteiger partial charge in [-0.2, -0.15) is 0 Å². The van der Waals surface area contributed by atoms with Crippen molar-refractivity contribution >= 4 is 18.4 Å². The van der Waals surface area contributed by atoms with E-state index in [0.29, 0.717) is 6.54 Å². The van der Waals surface area contributed by atoms with E-state index in [-0.39, 0.29) is 24.3 Å². The highest BCUT2D eigenvalue weighted by atomic mass is 35.5. The lowest BCUT2D eigenvalue weighted by Crippen LogP contribution is -2.28. The topological polar surface area (TPSA) is 38.3 Å². The molecule has 3 nitrogen and oxygen atoms in total. The smallest absolute Gasteiger partial charge is 0.310 e. The summed E-state index contributed by atoms with van der Waals surface area (Å²) in [5.41, 5.74) is 0. The molecule has 1 aliphatic heterocycles. The van der Waals surface area contributed by atoms with E-state index >= 15 is 0 Å². The minimum absolute atomic E-state index is 0. The van der Waals surface area contributed by atoms with Gasteiger partial charge in [-0.25, -0.2) is 0 Å². The minimum atomic E-state index is -0.128. The molecule has 1 atom stereocenters. The van der Waals surface area contributed by atoms with Crippen molar-refractivity contribution in [2.45, 2.75) is 6.42 Å². The van der Waals surface area contributed by atoms with Crippen LogP contribution in [0.1, 0.15) is 6.42 Å². The van der Waals surface area contributed by atoms with Crippen LogP contribution in [0.15, 0.2) is 12.3 Å². The molecule has 64 valence electrons. The molecular weight excluding hydrogens is 166 g/mol. The molecule has 0 aliphatic carbocycles. The molecule has 0 amide bonds. The van der Waals surface area contributed by atoms with Crippen LogP contribution in [0.25, 0.3) is 0 Å². The molecule has 0 radical (unpaired) electrons. The first-order valence-corrected chi connectivity index (χ1v) is 3.31. The fourth-order valence-corrected chi connectivity index (χ4v) is 0.955. The Labute approximate surface area is 72.2 Å². The van der Waals surface area contributed by atoms with E-state index in [1.165, 1.54) is 7.11 Å². The lowest BCUT2D eigenvalue weighted by molar-refractivity contribution is -0.145. The molecule has 0 aromatic carbocycles. The van der Waals surface area contributed by atoms with Crippen molar-refractivity contribution in [3.63, 3.8) is 0 Å². The van der Waals surface area contributed by atoms with Crippen LogP contribution >= 0.6 is 12.4 Å². The van der Waals surface area contributed by atoms with E-state index in [9.17, 15) is 4.79 Å². The van der Waals surface area contributed by atoms with E-state index in [4.69, 9.17) is 0 Å². The van der Waals surface area contributed by atoms with Crippen molar-refractivity contribution < 1.29 is 9.53 Å². The molecule has 1 rings (SSSR count). The van der Waals surface area contributed by atoms with Crippen LogP contribution in [0.4, 0.5) is 0 Å². The number of nitrogens with one attached hydrogen (secondary N) is 1. The van der Waals surface area contributed by atoms with E-state index in [0.717, 1.165) is 6.42 Å². The third-order valence-corrected chi connectivity index (χ3v) is 1.56. The van der Waals surface area contributed by atoms with E-state index in [1.54, 1.807) is 0 Å². The molecule has 1 aliphatic rings. The van der Waals surface area contributed by atoms with Crippen molar-refractivity contribution in [1.29, 1.82) is 0 Å². The molecule has 0 aromatic rings. The van der Waals surface area contributed by atoms with Crippen molar-refractivity contribution in [1.82, 2.24) is 5.32 Å². The van der Waals surface area contributed by atoms with Gasteiger partial charge in [0.15, 0.2) is 0 Å². The summed E-state index contributed by atoms with van der Waals surface area (Å²) in [4.78, 5) is 10.9. The summed E-state index contributed by atoms with van der Waals surface area (Å²) in [7, 11) is 1.42. The zero-order valence-electron chi connectivity index (χ0n) is 6.37. The summed E-state index contributed by atoms with van der Waals surface area (Å²) in [6.45, 7) is 0.698. The van der Waals surface area contributed by atoms with Gasteiger partial charge in [-0.05, 0) is 12.6 Å². The Morgan fingerprint density at radius 3 is 2.91 bits per heavy atom. The average molecular weight is 178 g/mol. The lowest BCUT2D eigenvalue weighted by atomic mass is 10.0. The second kappa shape index (κ2) is 5.02. The molecule has 0 bridgehead atoms. The summed E-state index contributed by atoms with van der Waals surface area (Å²) in [5, 5.41) is 2.97. The average Bonchev–Trinajstić information content (AvgIpc) is 2.05. The summed E-state index contributed by atoms with van der Waals surface area (Å²) in [5.74, 6) is -0.119. The largest absolute Gasteiger partial charge is 0.469 e. The van der Waals surface area contributed by atoms with Crippen LogP contribution < -0.4 is 5.32 Å². The monoisotopic (exact) mass is 177 g/mol. The third kappa shape index (κ3) is 2.80. The van der Waals surface area contributed by atoms with Crippen LogP contribution in [0, 0.1) is 5.92 Å². The van der Waals surface area contributed by atoms with E-state index < -0.39 is 0 Å². The normalized spacial score (nSPS) is 21.4. The molecule has 0 fully saturated rings. The first-order chi connectivity index (χ1) is 4.84. The number of halogens is 1. The predicted molar refractivity (Wildman–Crippen MR) is 44.5 cm³/mol. The number of hydrogen-bond donors (Lipinski definition) is 1. The maximum absolute atomic E-state index is 10.9. The molecule has 0 saturated carbocycles. The van der Waals surface area contributed by atoms with Crippen molar-refractivity contribution in [2.75, 3.05) is 13.7 Å². The zero-order valence-corrected chi connectivity index (χ0v) is 7.19. The Morgan fingerprint density at radius 2 is 2.45 bits per heavy atom. The first-order valence-electron chi connectivity index (χ1n) is 3.31. The van der Waals surface area contributed by atoms with Crippen molar-refractivity contribution in [2.24, 2.45) is 5.92 Å². The van der Waals surface area contributed by atoms with Crippen LogP contribution in [0.5, 0.6) is 0 Å². The summed E-state index contributed by atoms with van der Waals surface area (Å²) >= 11 is 0. The number of methoxy groups -OCH3 is 1. The fourth-order valence-electron chi connectivity index (χ4n) is 0.955. The van der Waals surface area contributed by atoms with Crippen LogP contribution in [0.3, 0.4) is 0 Å². The van der Waals surface area contributed by atoms with Gasteiger partial charge in [0.1, 0.15) is 0 Å². The van der Waals surface area contributed by atoms with Gasteiger partial charge >= 0.3 is 5.97 Å². The zero-order chi connectivity index (χ0) is 7.40. The van der Waals surface area contributed by atoms with Crippen molar-refractivity contribution in [3.05, 3.63) is 12.3 Å². The molecule has 1 N–H and O–H groups in total. The lowest BCUT2D eigenvalue weighted by Gasteiger charge is -2.15. The standard InChI is InChI=1S/C7H11NO2.ClH/c1-10-7(9)6-3-2-4-8-5-6;/h2,4,6,8H,3,5H2,1H3;1H. The second-order valence-electron chi connectivity index (χ2n) is 2.27. The van der Waals surface area contributed by atoms with Gasteiger partial charge in [0, 0.05) is 6.54 Å². The molecule has 4 heteroatoms. The quantitative estimate of drug-likeness (QED) is 0.600. The molecule has 11 heavy (non-hydrogen) atoms. The Hall–Kier alpha value is -0.700. The Morgan fingerprint density at radius 1 is 1.73 bits per heavy atom. The molecule has 0 saturated heterocycles. The Bertz CT molecular complexity index is 159. The van der Waals surface area contributed by atoms with Gasteiger partial charge in [0.25, 0.3) is 0 Å². The highest BCUT2D eigenvalue weighted by molar-refractivity contribution is 5.85. The second-order valence-corrected chi connectivity index (χ2v) is 2.27. The highest BCUT2D eigenvalue weighted by Crippen LogP contribution is 2.07. The number of ether oxygens (including phenoxy) is 1. The highest BCUT2D eigenvalue weighted by Gasteiger charge is 2.18. The Balaban J connectivity index is 0.000001000. The molecule has 1 unspecified atom stereocenters. The summed E-state index contributed by atoms with van der Waals surface area (Å²) in [6.07, 6.45) is 4.59. The van der Waals surface area contributed by atoms with Gasteiger partial charge in [0.2, 0.25) is 0 Å². The van der Waals surface area contributed by atoms with E-state index in [1.807, 2.05) is 12.3 Å². The minimum Gasteiger partial charge on any atom is -0.469 e. The number of carbonyl (C=O) groups is 1. The Kier molecular flexibility index (Phi) is 4.70. The SMILES string of the molecule is COC(=O)C1CC=CNC1.Cl. The third-order valence-electron chi connectivity index (χ3n) is 1.56. The molecule has 0 spiro atoms. The maximum Gasteiger partial charge on any atom is 0.310 e. The van der Waals surface area contributed by atoms with Gasteiger partial charge in [0.05, 0.1) is 13.0 Å². The maximum atomic E-state index is 10.9. The summed E-state index contributed by atoms with van der Waals surface area (Å²) < 4.78 is 4.58. The fraction of sp³-hybridized carbons (Fsp3) is 0.571. The van der Waals surface area contributed by atoms with Gasteiger partial charge in [-0.1, -0.05) is 6.08 Å². The number of allylic oxidation sites excluding steroid dienone is 1. The van der Waals surface area contributed by atoms with Crippen LogP contribution in [-0.2, 0) is 9.53 Å². The van der Waals surface area contributed by atoms with E-state index in [2.05, 4.69) is 10.1 Å². The first kappa shape index (κ1) is 10.3. The number of hydrogen-bond acceptors (Lipinski definition) is 3. The van der Waals surface area contributed by atoms with Gasteiger partial charge < -0.3 is 10.1 Å². The van der Waals surface area contributed by atoms with Gasteiger partial charge in [-0.3, -0.25) is 4.79 Å².